The van der Waals surface area contributed by atoms with Crippen LogP contribution in [0.2, 0.25) is 0 Å². The van der Waals surface area contributed by atoms with Gasteiger partial charge in [0.05, 0.1) is 18.9 Å². The van der Waals surface area contributed by atoms with Gasteiger partial charge in [0.15, 0.2) is 0 Å². The zero-order valence-corrected chi connectivity index (χ0v) is 15.1. The number of rotatable bonds is 6. The normalized spacial score (nSPS) is 32.7. The number of esters is 2. The first-order chi connectivity index (χ1) is 11.0. The fourth-order valence-corrected chi connectivity index (χ4v) is 4.75. The molecular weight excluding hydrogens is 292 g/mol. The molecule has 0 aromatic heterocycles. The summed E-state index contributed by atoms with van der Waals surface area (Å²) in [4.78, 5) is 25.3. The van der Waals surface area contributed by atoms with Gasteiger partial charge in [-0.2, -0.15) is 0 Å². The van der Waals surface area contributed by atoms with E-state index in [2.05, 4.69) is 20.8 Å². The molecule has 0 amide bonds. The summed E-state index contributed by atoms with van der Waals surface area (Å²) in [6, 6.07) is 0. The van der Waals surface area contributed by atoms with E-state index in [0.29, 0.717) is 0 Å². The molecule has 4 heteroatoms. The quantitative estimate of drug-likeness (QED) is 0.690. The zero-order chi connectivity index (χ0) is 17.0. The Labute approximate surface area is 140 Å². The average molecular weight is 324 g/mol. The maximum atomic E-state index is 13.0. The Morgan fingerprint density at radius 1 is 0.957 bits per heavy atom. The molecule has 2 rings (SSSR count). The summed E-state index contributed by atoms with van der Waals surface area (Å²) in [7, 11) is 1.42. The lowest BCUT2D eigenvalue weighted by molar-refractivity contribution is -0.172. The van der Waals surface area contributed by atoms with Crippen LogP contribution in [-0.2, 0) is 19.1 Å². The van der Waals surface area contributed by atoms with E-state index in [-0.39, 0.29) is 41.2 Å². The molecule has 0 heterocycles. The minimum absolute atomic E-state index is 0.160. The summed E-state index contributed by atoms with van der Waals surface area (Å²) >= 11 is 0. The van der Waals surface area contributed by atoms with Gasteiger partial charge in [-0.3, -0.25) is 9.59 Å². The topological polar surface area (TPSA) is 52.6 Å². The fraction of sp³-hybridized carbons (Fsp3) is 0.895. The van der Waals surface area contributed by atoms with Crippen LogP contribution in [-0.4, -0.2) is 24.6 Å². The second kappa shape index (κ2) is 7.67. The van der Waals surface area contributed by atoms with Crippen LogP contribution in [0, 0.1) is 23.7 Å². The van der Waals surface area contributed by atoms with Gasteiger partial charge in [0.2, 0.25) is 0 Å². The van der Waals surface area contributed by atoms with Crippen molar-refractivity contribution < 1.29 is 19.1 Å². The van der Waals surface area contributed by atoms with Crippen LogP contribution in [0.25, 0.3) is 0 Å². The molecule has 0 bridgehead atoms. The lowest BCUT2D eigenvalue weighted by Gasteiger charge is -2.31. The summed E-state index contributed by atoms with van der Waals surface area (Å²) < 4.78 is 11.0. The highest BCUT2D eigenvalue weighted by Gasteiger charge is 2.52. The third-order valence-corrected chi connectivity index (χ3v) is 6.28. The molecule has 2 aliphatic carbocycles. The summed E-state index contributed by atoms with van der Waals surface area (Å²) in [5.41, 5.74) is -0.291. The Hall–Kier alpha value is -1.06. The molecule has 132 valence electrons. The van der Waals surface area contributed by atoms with Gasteiger partial charge in [-0.25, -0.2) is 0 Å². The predicted octanol–water partition coefficient (Wildman–Crippen LogP) is 4.11. The van der Waals surface area contributed by atoms with Crippen molar-refractivity contribution in [2.24, 2.45) is 23.7 Å². The van der Waals surface area contributed by atoms with Gasteiger partial charge in [-0.05, 0) is 50.4 Å². The van der Waals surface area contributed by atoms with Gasteiger partial charge in [0, 0.05) is 0 Å². The highest BCUT2D eigenvalue weighted by Crippen LogP contribution is 2.47. The van der Waals surface area contributed by atoms with Gasteiger partial charge in [0.25, 0.3) is 0 Å². The highest BCUT2D eigenvalue weighted by atomic mass is 16.6. The third kappa shape index (κ3) is 3.56. The molecule has 0 N–H and O–H groups in total. The minimum Gasteiger partial charge on any atom is -0.469 e. The number of carbonyl (C=O) groups is 2. The lowest BCUT2D eigenvalue weighted by atomic mass is 9.85. The Morgan fingerprint density at radius 3 is 1.91 bits per heavy atom. The molecule has 0 aromatic rings. The molecule has 0 spiro atoms. The van der Waals surface area contributed by atoms with Crippen molar-refractivity contribution in [1.29, 1.82) is 0 Å². The van der Waals surface area contributed by atoms with Crippen molar-refractivity contribution in [3.05, 3.63) is 0 Å². The first kappa shape index (κ1) is 18.3. The van der Waals surface area contributed by atoms with Crippen LogP contribution in [0.15, 0.2) is 0 Å². The first-order valence-electron chi connectivity index (χ1n) is 9.32. The maximum absolute atomic E-state index is 13.0. The molecule has 4 nitrogen and oxygen atoms in total. The van der Waals surface area contributed by atoms with Crippen molar-refractivity contribution >= 4 is 11.9 Å². The molecule has 0 radical (unpaired) electrons. The van der Waals surface area contributed by atoms with E-state index in [1.54, 1.807) is 0 Å². The van der Waals surface area contributed by atoms with Gasteiger partial charge < -0.3 is 9.47 Å². The van der Waals surface area contributed by atoms with Gasteiger partial charge >= 0.3 is 11.9 Å². The second-order valence-corrected chi connectivity index (χ2v) is 7.31. The summed E-state index contributed by atoms with van der Waals surface area (Å²) in [5.74, 6) is -0.615. The lowest BCUT2D eigenvalue weighted by Crippen LogP contribution is -2.39. The molecule has 2 saturated carbocycles. The molecular formula is C19H32O4. The van der Waals surface area contributed by atoms with E-state index in [4.69, 9.17) is 9.47 Å². The Kier molecular flexibility index (Phi) is 6.10. The van der Waals surface area contributed by atoms with E-state index in [1.807, 2.05) is 0 Å². The third-order valence-electron chi connectivity index (χ3n) is 6.28. The molecule has 2 aliphatic rings. The van der Waals surface area contributed by atoms with Crippen LogP contribution in [0.1, 0.15) is 72.1 Å². The van der Waals surface area contributed by atoms with Crippen LogP contribution in [0.5, 0.6) is 0 Å². The Balaban J connectivity index is 2.21. The monoisotopic (exact) mass is 324 g/mol. The van der Waals surface area contributed by atoms with Gasteiger partial charge in [-0.15, -0.1) is 0 Å². The van der Waals surface area contributed by atoms with Gasteiger partial charge in [0.1, 0.15) is 5.60 Å². The molecule has 4 atom stereocenters. The summed E-state index contributed by atoms with van der Waals surface area (Å²) in [6.45, 7) is 6.28. The van der Waals surface area contributed by atoms with E-state index in [0.717, 1.165) is 51.4 Å². The van der Waals surface area contributed by atoms with Crippen molar-refractivity contribution in [2.45, 2.75) is 77.7 Å². The van der Waals surface area contributed by atoms with E-state index in [1.165, 1.54) is 7.11 Å². The van der Waals surface area contributed by atoms with Crippen LogP contribution in [0.4, 0.5) is 0 Å². The first-order valence-corrected chi connectivity index (χ1v) is 9.32. The van der Waals surface area contributed by atoms with Crippen molar-refractivity contribution in [3.8, 4) is 0 Å². The van der Waals surface area contributed by atoms with Gasteiger partial charge in [-0.1, -0.05) is 33.6 Å². The molecule has 0 aromatic carbocycles. The molecule has 23 heavy (non-hydrogen) atoms. The van der Waals surface area contributed by atoms with E-state index < -0.39 is 0 Å². The van der Waals surface area contributed by atoms with Crippen molar-refractivity contribution in [3.63, 3.8) is 0 Å². The van der Waals surface area contributed by atoms with Crippen LogP contribution >= 0.6 is 0 Å². The predicted molar refractivity (Wildman–Crippen MR) is 88.8 cm³/mol. The number of hydrogen-bond acceptors (Lipinski definition) is 4. The van der Waals surface area contributed by atoms with Crippen molar-refractivity contribution in [1.82, 2.24) is 0 Å². The zero-order valence-electron chi connectivity index (χ0n) is 15.1. The average Bonchev–Trinajstić information content (AvgIpc) is 3.18. The van der Waals surface area contributed by atoms with Crippen LogP contribution in [0.3, 0.4) is 0 Å². The van der Waals surface area contributed by atoms with Crippen LogP contribution < -0.4 is 0 Å². The van der Waals surface area contributed by atoms with E-state index in [9.17, 15) is 9.59 Å². The fourth-order valence-electron chi connectivity index (χ4n) is 4.75. The molecule has 0 aliphatic heterocycles. The molecule has 0 saturated heterocycles. The molecule has 2 fully saturated rings. The second-order valence-electron chi connectivity index (χ2n) is 7.31. The summed E-state index contributed by atoms with van der Waals surface area (Å²) in [5, 5.41) is 0. The van der Waals surface area contributed by atoms with E-state index >= 15 is 0 Å². The Bertz CT molecular complexity index is 425. The standard InChI is InChI=1S/C19H32O4/c1-5-13-12-14(6-2)16(15(13)17(20)22-4)18(21)23-19(7-3)10-8-9-11-19/h13-16H,5-12H2,1-4H3. The number of hydrogen-bond donors (Lipinski definition) is 0. The largest absolute Gasteiger partial charge is 0.469 e. The smallest absolute Gasteiger partial charge is 0.310 e. The highest BCUT2D eigenvalue weighted by molar-refractivity contribution is 5.83. The Morgan fingerprint density at radius 2 is 1.48 bits per heavy atom. The number of methoxy groups -OCH3 is 1. The minimum atomic E-state index is -0.335. The van der Waals surface area contributed by atoms with Crippen molar-refractivity contribution in [2.75, 3.05) is 7.11 Å². The number of carbonyl (C=O) groups excluding carboxylic acids is 2. The maximum Gasteiger partial charge on any atom is 0.310 e. The summed E-state index contributed by atoms with van der Waals surface area (Å²) in [6.07, 6.45) is 7.76. The number of ether oxygens (including phenoxy) is 2. The molecule has 4 unspecified atom stereocenters. The SMILES string of the molecule is CCC1CC(CC)C(C(=O)OC2(CC)CCCC2)C1C(=O)OC.